The molecule has 2 aromatic carbocycles. The fourth-order valence-electron chi connectivity index (χ4n) is 5.68. The second kappa shape index (κ2) is 8.91. The van der Waals surface area contributed by atoms with Crippen LogP contribution in [-0.2, 0) is 10.3 Å². The molecule has 2 aliphatic rings. The first kappa shape index (κ1) is 24.8. The van der Waals surface area contributed by atoms with E-state index >= 15 is 0 Å². The fourth-order valence-corrected chi connectivity index (χ4v) is 5.68. The van der Waals surface area contributed by atoms with E-state index in [0.717, 1.165) is 47.2 Å². The molecule has 7 heteroatoms. The van der Waals surface area contributed by atoms with Crippen LogP contribution in [0, 0.1) is 0 Å². The van der Waals surface area contributed by atoms with E-state index in [2.05, 4.69) is 0 Å². The number of likely N-dealkylation sites (N-methyl/N-ethyl adjacent to an activating group) is 1. The lowest BCUT2D eigenvalue weighted by Gasteiger charge is -2.54. The summed E-state index contributed by atoms with van der Waals surface area (Å²) in [5.41, 5.74) is 4.10. The normalized spacial score (nSPS) is 18.5. The number of fused-ring (bicyclic) bond motifs is 1. The van der Waals surface area contributed by atoms with Crippen LogP contribution in [-0.4, -0.2) is 45.7 Å². The van der Waals surface area contributed by atoms with Crippen LogP contribution in [0.5, 0.6) is 5.88 Å². The molecule has 0 spiro atoms. The van der Waals surface area contributed by atoms with Gasteiger partial charge in [-0.3, -0.25) is 9.69 Å². The van der Waals surface area contributed by atoms with Crippen molar-refractivity contribution in [2.45, 2.75) is 64.1 Å². The van der Waals surface area contributed by atoms with Crippen molar-refractivity contribution in [3.63, 3.8) is 0 Å². The van der Waals surface area contributed by atoms with Gasteiger partial charge in [-0.05, 0) is 64.2 Å². The van der Waals surface area contributed by atoms with Gasteiger partial charge in [-0.25, -0.2) is 9.78 Å². The standard InChI is InChI=1S/C30H33N3O4/c1-19-27(34)32(5)24-18-23(20-10-7-6-8-11-20)25(31-26(24)37-19)21-12-14-22(15-13-21)30(16-9-17-30)33(28(35)36)29(2,3)4/h6-8,10-15,18-19H,9,16-17H2,1-5H3,(H,35,36). The molecule has 1 saturated carbocycles. The summed E-state index contributed by atoms with van der Waals surface area (Å²) in [6.07, 6.45) is 1.08. The molecule has 1 atom stereocenters. The molecule has 1 aliphatic carbocycles. The Bertz CT molecular complexity index is 1340. The molecule has 7 nitrogen and oxygen atoms in total. The first-order valence-corrected chi connectivity index (χ1v) is 12.7. The van der Waals surface area contributed by atoms with E-state index in [0.29, 0.717) is 11.6 Å². The van der Waals surface area contributed by atoms with Gasteiger partial charge in [-0.1, -0.05) is 54.6 Å². The van der Waals surface area contributed by atoms with Crippen molar-refractivity contribution in [1.82, 2.24) is 9.88 Å². The van der Waals surface area contributed by atoms with Gasteiger partial charge in [0.05, 0.1) is 11.2 Å². The van der Waals surface area contributed by atoms with Crippen LogP contribution < -0.4 is 9.64 Å². The van der Waals surface area contributed by atoms with Gasteiger partial charge in [0.2, 0.25) is 5.88 Å². The molecular formula is C30H33N3O4. The summed E-state index contributed by atoms with van der Waals surface area (Å²) in [6, 6.07) is 20.0. The molecule has 0 radical (unpaired) electrons. The van der Waals surface area contributed by atoms with Crippen LogP contribution in [0.1, 0.15) is 52.5 Å². The van der Waals surface area contributed by atoms with E-state index in [9.17, 15) is 14.7 Å². The van der Waals surface area contributed by atoms with E-state index in [1.807, 2.05) is 81.4 Å². The van der Waals surface area contributed by atoms with Crippen LogP contribution in [0.2, 0.25) is 0 Å². The Morgan fingerprint density at radius 2 is 1.73 bits per heavy atom. The van der Waals surface area contributed by atoms with Crippen LogP contribution in [0.25, 0.3) is 22.4 Å². The molecule has 1 N–H and O–H groups in total. The summed E-state index contributed by atoms with van der Waals surface area (Å²) >= 11 is 0. The number of aromatic nitrogens is 1. The van der Waals surface area contributed by atoms with Crippen molar-refractivity contribution in [2.75, 3.05) is 11.9 Å². The lowest BCUT2D eigenvalue weighted by atomic mass is 9.69. The molecular weight excluding hydrogens is 466 g/mol. The van der Waals surface area contributed by atoms with E-state index < -0.39 is 23.3 Å². The summed E-state index contributed by atoms with van der Waals surface area (Å²) in [5.74, 6) is 0.312. The zero-order valence-electron chi connectivity index (χ0n) is 22.0. The number of carbonyl (C=O) groups is 2. The van der Waals surface area contributed by atoms with Crippen molar-refractivity contribution in [2.24, 2.45) is 0 Å². The molecule has 1 aliphatic heterocycles. The maximum atomic E-state index is 12.6. The fraction of sp³-hybridized carbons (Fsp3) is 0.367. The van der Waals surface area contributed by atoms with Crippen molar-refractivity contribution < 1.29 is 19.4 Å². The minimum atomic E-state index is -0.899. The predicted octanol–water partition coefficient (Wildman–Crippen LogP) is 6.32. The smallest absolute Gasteiger partial charge is 0.408 e. The minimum Gasteiger partial charge on any atom is -0.465 e. The van der Waals surface area contributed by atoms with E-state index in [4.69, 9.17) is 9.72 Å². The number of hydrogen-bond donors (Lipinski definition) is 1. The van der Waals surface area contributed by atoms with Gasteiger partial charge in [0.1, 0.15) is 5.69 Å². The lowest BCUT2D eigenvalue weighted by molar-refractivity contribution is -0.125. The Morgan fingerprint density at radius 3 is 2.27 bits per heavy atom. The molecule has 2 amide bonds. The predicted molar refractivity (Wildman–Crippen MR) is 144 cm³/mol. The largest absolute Gasteiger partial charge is 0.465 e. The van der Waals surface area contributed by atoms with Gasteiger partial charge in [0.25, 0.3) is 5.91 Å². The van der Waals surface area contributed by atoms with Crippen LogP contribution in [0.15, 0.2) is 60.7 Å². The summed E-state index contributed by atoms with van der Waals surface area (Å²) in [5, 5.41) is 10.1. The number of carboxylic acid groups (broad SMARTS) is 1. The third-order valence-electron chi connectivity index (χ3n) is 7.55. The lowest BCUT2D eigenvalue weighted by Crippen LogP contribution is -2.60. The maximum absolute atomic E-state index is 12.6. The quantitative estimate of drug-likeness (QED) is 0.454. The Balaban J connectivity index is 1.62. The molecule has 0 bridgehead atoms. The monoisotopic (exact) mass is 499 g/mol. The molecule has 1 unspecified atom stereocenters. The van der Waals surface area contributed by atoms with Crippen molar-refractivity contribution in [3.8, 4) is 28.3 Å². The topological polar surface area (TPSA) is 83.0 Å². The van der Waals surface area contributed by atoms with E-state index in [1.165, 1.54) is 0 Å². The molecule has 1 fully saturated rings. The molecule has 2 heterocycles. The number of benzene rings is 2. The summed E-state index contributed by atoms with van der Waals surface area (Å²) < 4.78 is 5.89. The first-order valence-electron chi connectivity index (χ1n) is 12.7. The number of carbonyl (C=O) groups excluding carboxylic acids is 1. The molecule has 1 aromatic heterocycles. The SMILES string of the molecule is CC1Oc2nc(-c3ccc(C4(N(C(=O)O)C(C)(C)C)CCC4)cc3)c(-c3ccccc3)cc2N(C)C1=O. The Kier molecular flexibility index (Phi) is 5.97. The molecule has 5 rings (SSSR count). The Labute approximate surface area is 217 Å². The summed E-state index contributed by atoms with van der Waals surface area (Å²) in [7, 11) is 1.74. The van der Waals surface area contributed by atoms with Crippen LogP contribution in [0.3, 0.4) is 0 Å². The number of hydrogen-bond acceptors (Lipinski definition) is 4. The van der Waals surface area contributed by atoms with Crippen LogP contribution >= 0.6 is 0 Å². The van der Waals surface area contributed by atoms with Crippen molar-refractivity contribution in [3.05, 3.63) is 66.2 Å². The molecule has 192 valence electrons. The number of ether oxygens (including phenoxy) is 1. The van der Waals surface area contributed by atoms with Crippen LogP contribution in [0.4, 0.5) is 10.5 Å². The first-order chi connectivity index (χ1) is 17.5. The average Bonchev–Trinajstić information content (AvgIpc) is 2.84. The highest BCUT2D eigenvalue weighted by molar-refractivity contribution is 6.00. The maximum Gasteiger partial charge on any atom is 0.408 e. The highest BCUT2D eigenvalue weighted by Gasteiger charge is 2.50. The number of anilines is 1. The van der Waals surface area contributed by atoms with Gasteiger partial charge >= 0.3 is 6.09 Å². The van der Waals surface area contributed by atoms with Crippen molar-refractivity contribution >= 4 is 17.7 Å². The molecule has 37 heavy (non-hydrogen) atoms. The van der Waals surface area contributed by atoms with E-state index in [-0.39, 0.29) is 5.91 Å². The number of pyridine rings is 1. The number of amides is 2. The van der Waals surface area contributed by atoms with Gasteiger partial charge < -0.3 is 14.7 Å². The van der Waals surface area contributed by atoms with E-state index in [1.54, 1.807) is 23.8 Å². The second-order valence-corrected chi connectivity index (χ2v) is 11.0. The minimum absolute atomic E-state index is 0.113. The Morgan fingerprint density at radius 1 is 1.08 bits per heavy atom. The zero-order valence-corrected chi connectivity index (χ0v) is 22.0. The number of rotatable bonds is 4. The third-order valence-corrected chi connectivity index (χ3v) is 7.55. The summed E-state index contributed by atoms with van der Waals surface area (Å²) in [4.78, 5) is 33.0. The average molecular weight is 500 g/mol. The molecule has 0 saturated heterocycles. The van der Waals surface area contributed by atoms with Gasteiger partial charge in [-0.15, -0.1) is 0 Å². The third kappa shape index (κ3) is 4.12. The highest BCUT2D eigenvalue weighted by atomic mass is 16.5. The number of nitrogens with zero attached hydrogens (tertiary/aromatic N) is 3. The molecule has 3 aromatic rings. The van der Waals surface area contributed by atoms with Gasteiger partial charge in [0.15, 0.2) is 6.10 Å². The van der Waals surface area contributed by atoms with Gasteiger partial charge in [0, 0.05) is 23.7 Å². The van der Waals surface area contributed by atoms with Gasteiger partial charge in [-0.2, -0.15) is 0 Å². The summed E-state index contributed by atoms with van der Waals surface area (Å²) in [6.45, 7) is 7.56. The van der Waals surface area contributed by atoms with Crippen molar-refractivity contribution in [1.29, 1.82) is 0 Å². The Hall–Kier alpha value is -3.87. The zero-order chi connectivity index (χ0) is 26.5. The highest BCUT2D eigenvalue weighted by Crippen LogP contribution is 2.50. The second-order valence-electron chi connectivity index (χ2n) is 11.0.